The van der Waals surface area contributed by atoms with Crippen molar-refractivity contribution in [3.63, 3.8) is 0 Å². The SMILES string of the molecule is Cc1noc(C)c1CNC(=O)c1ccc(CNC(=O)c2cccs2)cc1. The number of hydrogen-bond donors (Lipinski definition) is 2. The summed E-state index contributed by atoms with van der Waals surface area (Å²) in [6.45, 7) is 4.45. The largest absolute Gasteiger partial charge is 0.361 e. The van der Waals surface area contributed by atoms with E-state index < -0.39 is 0 Å². The molecule has 0 aliphatic heterocycles. The first kappa shape index (κ1) is 17.9. The zero-order valence-electron chi connectivity index (χ0n) is 14.5. The monoisotopic (exact) mass is 369 g/mol. The predicted octanol–water partition coefficient (Wildman–Crippen LogP) is 3.21. The molecule has 0 spiro atoms. The molecule has 2 amide bonds. The fourth-order valence-corrected chi connectivity index (χ4v) is 3.12. The third kappa shape index (κ3) is 4.18. The highest BCUT2D eigenvalue weighted by Gasteiger charge is 2.12. The van der Waals surface area contributed by atoms with Gasteiger partial charge in [-0.05, 0) is 43.0 Å². The fraction of sp³-hybridized carbons (Fsp3) is 0.211. The van der Waals surface area contributed by atoms with E-state index in [0.29, 0.717) is 29.3 Å². The van der Waals surface area contributed by atoms with Crippen LogP contribution in [0.25, 0.3) is 0 Å². The number of carbonyl (C=O) groups is 2. The van der Waals surface area contributed by atoms with Gasteiger partial charge < -0.3 is 15.2 Å². The first-order valence-corrected chi connectivity index (χ1v) is 9.03. The van der Waals surface area contributed by atoms with Crippen LogP contribution in [0.15, 0.2) is 46.3 Å². The highest BCUT2D eigenvalue weighted by Crippen LogP contribution is 2.12. The minimum atomic E-state index is -0.167. The molecule has 3 rings (SSSR count). The van der Waals surface area contributed by atoms with Crippen LogP contribution in [0.1, 0.15) is 42.6 Å². The van der Waals surface area contributed by atoms with Gasteiger partial charge in [-0.25, -0.2) is 0 Å². The summed E-state index contributed by atoms with van der Waals surface area (Å²) in [5.74, 6) is 0.445. The average molecular weight is 369 g/mol. The molecule has 0 saturated heterocycles. The molecule has 0 aliphatic rings. The van der Waals surface area contributed by atoms with Crippen molar-refractivity contribution in [3.05, 3.63) is 74.8 Å². The van der Waals surface area contributed by atoms with Crippen LogP contribution in [-0.2, 0) is 13.1 Å². The van der Waals surface area contributed by atoms with E-state index in [9.17, 15) is 9.59 Å². The standard InChI is InChI=1S/C19H19N3O3S/c1-12-16(13(2)25-22-12)11-21-18(23)15-7-5-14(6-8-15)10-20-19(24)17-4-3-9-26-17/h3-9H,10-11H2,1-2H3,(H,20,24)(H,21,23). The Bertz CT molecular complexity index is 879. The molecule has 0 fully saturated rings. The van der Waals surface area contributed by atoms with E-state index >= 15 is 0 Å². The summed E-state index contributed by atoms with van der Waals surface area (Å²) >= 11 is 1.40. The molecule has 0 bridgehead atoms. The molecule has 26 heavy (non-hydrogen) atoms. The molecule has 0 saturated carbocycles. The minimum absolute atomic E-state index is 0.0960. The fourth-order valence-electron chi connectivity index (χ4n) is 2.48. The van der Waals surface area contributed by atoms with E-state index in [1.807, 2.05) is 37.4 Å². The third-order valence-electron chi connectivity index (χ3n) is 4.02. The van der Waals surface area contributed by atoms with E-state index in [2.05, 4.69) is 15.8 Å². The Hall–Kier alpha value is -2.93. The zero-order chi connectivity index (χ0) is 18.5. The summed E-state index contributed by atoms with van der Waals surface area (Å²) in [6, 6.07) is 10.8. The van der Waals surface area contributed by atoms with Crippen LogP contribution in [0.2, 0.25) is 0 Å². The Morgan fingerprint density at radius 1 is 1.04 bits per heavy atom. The Kier molecular flexibility index (Phi) is 5.48. The summed E-state index contributed by atoms with van der Waals surface area (Å²) < 4.78 is 5.09. The first-order valence-electron chi connectivity index (χ1n) is 8.15. The highest BCUT2D eigenvalue weighted by atomic mass is 32.1. The second kappa shape index (κ2) is 7.97. The summed E-state index contributed by atoms with van der Waals surface area (Å²) in [4.78, 5) is 24.9. The maximum atomic E-state index is 12.3. The normalized spacial score (nSPS) is 10.5. The predicted molar refractivity (Wildman–Crippen MR) is 99.1 cm³/mol. The number of nitrogens with zero attached hydrogens (tertiary/aromatic N) is 1. The highest BCUT2D eigenvalue weighted by molar-refractivity contribution is 7.12. The minimum Gasteiger partial charge on any atom is -0.361 e. The van der Waals surface area contributed by atoms with E-state index in [4.69, 9.17) is 4.52 Å². The Morgan fingerprint density at radius 3 is 2.38 bits per heavy atom. The van der Waals surface area contributed by atoms with Gasteiger partial charge in [0, 0.05) is 24.2 Å². The number of rotatable bonds is 6. The molecule has 6 nitrogen and oxygen atoms in total. The second-order valence-electron chi connectivity index (χ2n) is 5.84. The molecule has 3 aromatic rings. The molecule has 2 heterocycles. The van der Waals surface area contributed by atoms with E-state index in [-0.39, 0.29) is 11.8 Å². The second-order valence-corrected chi connectivity index (χ2v) is 6.79. The number of carbonyl (C=O) groups excluding carboxylic acids is 2. The van der Waals surface area contributed by atoms with E-state index in [1.54, 1.807) is 18.2 Å². The van der Waals surface area contributed by atoms with Crippen LogP contribution in [0, 0.1) is 13.8 Å². The molecule has 0 radical (unpaired) electrons. The lowest BCUT2D eigenvalue weighted by Crippen LogP contribution is -2.24. The number of benzene rings is 1. The molecule has 0 aliphatic carbocycles. The number of aryl methyl sites for hydroxylation is 2. The van der Waals surface area contributed by atoms with Gasteiger partial charge in [-0.1, -0.05) is 23.4 Å². The Balaban J connectivity index is 1.53. The van der Waals surface area contributed by atoms with Crippen molar-refractivity contribution in [2.45, 2.75) is 26.9 Å². The lowest BCUT2D eigenvalue weighted by Gasteiger charge is -2.07. The number of nitrogens with one attached hydrogen (secondary N) is 2. The van der Waals surface area contributed by atoms with Gasteiger partial charge in [0.25, 0.3) is 11.8 Å². The van der Waals surface area contributed by atoms with Crippen LogP contribution in [-0.4, -0.2) is 17.0 Å². The number of aromatic nitrogens is 1. The average Bonchev–Trinajstić information content (AvgIpc) is 3.29. The Labute approximate surface area is 155 Å². The van der Waals surface area contributed by atoms with E-state index in [0.717, 1.165) is 16.8 Å². The first-order chi connectivity index (χ1) is 12.5. The molecular weight excluding hydrogens is 350 g/mol. The number of hydrogen-bond acceptors (Lipinski definition) is 5. The molecule has 7 heteroatoms. The maximum absolute atomic E-state index is 12.3. The van der Waals surface area contributed by atoms with Crippen LogP contribution < -0.4 is 10.6 Å². The van der Waals surface area contributed by atoms with Gasteiger partial charge in [0.2, 0.25) is 0 Å². The summed E-state index contributed by atoms with van der Waals surface area (Å²) in [7, 11) is 0. The molecule has 0 unspecified atom stereocenters. The molecule has 0 atom stereocenters. The summed E-state index contributed by atoms with van der Waals surface area (Å²) in [5.41, 5.74) is 3.16. The van der Waals surface area contributed by atoms with Crippen LogP contribution >= 0.6 is 11.3 Å². The van der Waals surface area contributed by atoms with Crippen molar-refractivity contribution in [1.82, 2.24) is 15.8 Å². The van der Waals surface area contributed by atoms with Gasteiger partial charge in [-0.3, -0.25) is 9.59 Å². The summed E-state index contributed by atoms with van der Waals surface area (Å²) in [6.07, 6.45) is 0. The van der Waals surface area contributed by atoms with Crippen LogP contribution in [0.4, 0.5) is 0 Å². The van der Waals surface area contributed by atoms with Crippen molar-refractivity contribution in [3.8, 4) is 0 Å². The number of thiophene rings is 1. The van der Waals surface area contributed by atoms with Crippen LogP contribution in [0.3, 0.4) is 0 Å². The van der Waals surface area contributed by atoms with Gasteiger partial charge in [-0.15, -0.1) is 11.3 Å². The van der Waals surface area contributed by atoms with Gasteiger partial charge in [0.15, 0.2) is 0 Å². The molecule has 2 N–H and O–H groups in total. The third-order valence-corrected chi connectivity index (χ3v) is 4.89. The van der Waals surface area contributed by atoms with Crippen molar-refractivity contribution < 1.29 is 14.1 Å². The Morgan fingerprint density at radius 2 is 1.77 bits per heavy atom. The van der Waals surface area contributed by atoms with Gasteiger partial charge in [0.1, 0.15) is 5.76 Å². The van der Waals surface area contributed by atoms with Crippen molar-refractivity contribution in [1.29, 1.82) is 0 Å². The van der Waals surface area contributed by atoms with Gasteiger partial charge in [-0.2, -0.15) is 0 Å². The van der Waals surface area contributed by atoms with Crippen LogP contribution in [0.5, 0.6) is 0 Å². The van der Waals surface area contributed by atoms with Crippen molar-refractivity contribution in [2.24, 2.45) is 0 Å². The zero-order valence-corrected chi connectivity index (χ0v) is 15.4. The van der Waals surface area contributed by atoms with Gasteiger partial charge >= 0.3 is 0 Å². The topological polar surface area (TPSA) is 84.2 Å². The molecule has 134 valence electrons. The lowest BCUT2D eigenvalue weighted by molar-refractivity contribution is 0.0943. The molecule has 1 aromatic carbocycles. The maximum Gasteiger partial charge on any atom is 0.261 e. The number of amides is 2. The smallest absolute Gasteiger partial charge is 0.261 e. The quantitative estimate of drug-likeness (QED) is 0.699. The van der Waals surface area contributed by atoms with Crippen molar-refractivity contribution >= 4 is 23.2 Å². The van der Waals surface area contributed by atoms with Gasteiger partial charge in [0.05, 0.1) is 10.6 Å². The van der Waals surface area contributed by atoms with Crippen molar-refractivity contribution in [2.75, 3.05) is 0 Å². The summed E-state index contributed by atoms with van der Waals surface area (Å²) in [5, 5.41) is 11.5. The molecular formula is C19H19N3O3S. The molecule has 2 aromatic heterocycles. The lowest BCUT2D eigenvalue weighted by atomic mass is 10.1. The van der Waals surface area contributed by atoms with E-state index in [1.165, 1.54) is 11.3 Å².